The van der Waals surface area contributed by atoms with Crippen molar-refractivity contribution in [1.82, 2.24) is 4.98 Å². The molecule has 0 fully saturated rings. The smallest absolute Gasteiger partial charge is 0.272 e. The van der Waals surface area contributed by atoms with Gasteiger partial charge in [0.05, 0.1) is 0 Å². The number of ether oxygens (including phenoxy) is 2. The van der Waals surface area contributed by atoms with Gasteiger partial charge in [0.25, 0.3) is 12.3 Å². The number of benzene rings is 1. The van der Waals surface area contributed by atoms with Gasteiger partial charge in [0.15, 0.2) is 6.61 Å². The van der Waals surface area contributed by atoms with Crippen LogP contribution in [0.3, 0.4) is 0 Å². The minimum atomic E-state index is -2.65. The van der Waals surface area contributed by atoms with E-state index in [1.54, 1.807) is 24.3 Å². The van der Waals surface area contributed by atoms with Gasteiger partial charge >= 0.3 is 0 Å². The van der Waals surface area contributed by atoms with Crippen LogP contribution in [0.5, 0.6) is 11.6 Å². The van der Waals surface area contributed by atoms with Crippen molar-refractivity contribution in [3.05, 3.63) is 48.2 Å². The number of amides is 1. The van der Waals surface area contributed by atoms with Crippen LogP contribution in [0.2, 0.25) is 0 Å². The lowest BCUT2D eigenvalue weighted by atomic mass is 10.2. The lowest BCUT2D eigenvalue weighted by Gasteiger charge is -2.11. The van der Waals surface area contributed by atoms with Crippen molar-refractivity contribution >= 4 is 24.0 Å². The molecule has 0 saturated carbocycles. The molecule has 0 saturated heterocycles. The molecule has 25 heavy (non-hydrogen) atoms. The third-order valence-corrected chi connectivity index (χ3v) is 2.86. The fourth-order valence-corrected chi connectivity index (χ4v) is 1.83. The number of rotatable bonds is 8. The molecular formula is C16H18ClF2N3O3. The van der Waals surface area contributed by atoms with Gasteiger partial charge in [-0.3, -0.25) is 4.79 Å². The Morgan fingerprint density at radius 3 is 2.56 bits per heavy atom. The van der Waals surface area contributed by atoms with E-state index < -0.39 is 18.9 Å². The maximum absolute atomic E-state index is 12.3. The molecule has 0 aliphatic rings. The standard InChI is InChI=1S/C16H17F2N3O3.ClH/c17-14(18)10-24-16-13(2-1-8-20-16)15(22)21-11-3-5-12(6-4-11)23-9-7-19;/h1-6,8,14H,7,9-10,19H2,(H,21,22);1H. The largest absolute Gasteiger partial charge is 0.492 e. The number of aromatic nitrogens is 1. The molecule has 1 heterocycles. The van der Waals surface area contributed by atoms with E-state index in [1.807, 2.05) is 0 Å². The van der Waals surface area contributed by atoms with Gasteiger partial charge in [-0.25, -0.2) is 13.8 Å². The van der Waals surface area contributed by atoms with E-state index in [2.05, 4.69) is 10.3 Å². The van der Waals surface area contributed by atoms with Crippen LogP contribution in [0.15, 0.2) is 42.6 Å². The van der Waals surface area contributed by atoms with E-state index in [0.717, 1.165) is 0 Å². The summed E-state index contributed by atoms with van der Waals surface area (Å²) in [6.45, 7) is -0.0302. The molecule has 0 bridgehead atoms. The average molecular weight is 374 g/mol. The predicted molar refractivity (Wildman–Crippen MR) is 91.9 cm³/mol. The molecule has 0 atom stereocenters. The number of hydrogen-bond acceptors (Lipinski definition) is 5. The Hall–Kier alpha value is -2.45. The molecule has 0 spiro atoms. The molecule has 0 unspecified atom stereocenters. The number of halogens is 3. The predicted octanol–water partition coefficient (Wildman–Crippen LogP) is 2.74. The van der Waals surface area contributed by atoms with Gasteiger partial charge in [0, 0.05) is 18.4 Å². The Labute approximate surface area is 149 Å². The number of nitrogens with two attached hydrogens (primary N) is 1. The number of nitrogens with one attached hydrogen (secondary N) is 1. The van der Waals surface area contributed by atoms with Gasteiger partial charge in [0.1, 0.15) is 17.9 Å². The maximum atomic E-state index is 12.3. The van der Waals surface area contributed by atoms with Crippen LogP contribution in [0.1, 0.15) is 10.4 Å². The zero-order valence-electron chi connectivity index (χ0n) is 13.2. The van der Waals surface area contributed by atoms with Gasteiger partial charge < -0.3 is 20.5 Å². The van der Waals surface area contributed by atoms with Gasteiger partial charge in [-0.2, -0.15) is 0 Å². The Kier molecular flexibility index (Phi) is 8.59. The Balaban J connectivity index is 0.00000312. The topological polar surface area (TPSA) is 86.5 Å². The molecule has 1 amide bonds. The summed E-state index contributed by atoms with van der Waals surface area (Å²) >= 11 is 0. The molecule has 0 aliphatic heterocycles. The molecule has 0 aliphatic carbocycles. The first-order valence-corrected chi connectivity index (χ1v) is 7.20. The van der Waals surface area contributed by atoms with Crippen molar-refractivity contribution in [3.63, 3.8) is 0 Å². The molecule has 1 aromatic carbocycles. The summed E-state index contributed by atoms with van der Waals surface area (Å²) in [6.07, 6.45) is -1.29. The quantitative estimate of drug-likeness (QED) is 0.743. The van der Waals surface area contributed by atoms with Crippen molar-refractivity contribution in [2.24, 2.45) is 5.73 Å². The van der Waals surface area contributed by atoms with Crippen LogP contribution in [-0.2, 0) is 0 Å². The molecule has 2 aromatic rings. The second-order valence-electron chi connectivity index (χ2n) is 4.67. The van der Waals surface area contributed by atoms with Crippen LogP contribution in [-0.4, -0.2) is 37.1 Å². The monoisotopic (exact) mass is 373 g/mol. The molecule has 3 N–H and O–H groups in total. The van der Waals surface area contributed by atoms with E-state index in [1.165, 1.54) is 18.3 Å². The lowest BCUT2D eigenvalue weighted by Crippen LogP contribution is -2.16. The van der Waals surface area contributed by atoms with Crippen molar-refractivity contribution < 1.29 is 23.0 Å². The normalized spacial score (nSPS) is 10.1. The summed E-state index contributed by atoms with van der Waals surface area (Å²) in [5.41, 5.74) is 5.94. The summed E-state index contributed by atoms with van der Waals surface area (Å²) < 4.78 is 34.7. The zero-order valence-corrected chi connectivity index (χ0v) is 14.0. The highest BCUT2D eigenvalue weighted by Gasteiger charge is 2.15. The third-order valence-electron chi connectivity index (χ3n) is 2.86. The number of carbonyl (C=O) groups is 1. The second-order valence-corrected chi connectivity index (χ2v) is 4.67. The lowest BCUT2D eigenvalue weighted by molar-refractivity contribution is 0.0780. The SMILES string of the molecule is Cl.NCCOc1ccc(NC(=O)c2cccnc2OCC(F)F)cc1. The minimum Gasteiger partial charge on any atom is -0.492 e. The second kappa shape index (κ2) is 10.4. The van der Waals surface area contributed by atoms with E-state index in [-0.39, 0.29) is 23.9 Å². The van der Waals surface area contributed by atoms with Crippen LogP contribution < -0.4 is 20.5 Å². The van der Waals surface area contributed by atoms with Gasteiger partial charge in [-0.15, -0.1) is 12.4 Å². The first kappa shape index (κ1) is 20.6. The van der Waals surface area contributed by atoms with Crippen molar-refractivity contribution in [2.45, 2.75) is 6.43 Å². The van der Waals surface area contributed by atoms with E-state index in [4.69, 9.17) is 15.2 Å². The van der Waals surface area contributed by atoms with Crippen LogP contribution in [0, 0.1) is 0 Å². The third kappa shape index (κ3) is 6.52. The molecule has 9 heteroatoms. The summed E-state index contributed by atoms with van der Waals surface area (Å²) in [5.74, 6) is -0.0259. The fourth-order valence-electron chi connectivity index (χ4n) is 1.83. The number of anilines is 1. The average Bonchev–Trinajstić information content (AvgIpc) is 2.59. The zero-order chi connectivity index (χ0) is 17.4. The Morgan fingerprint density at radius 2 is 1.92 bits per heavy atom. The highest BCUT2D eigenvalue weighted by Crippen LogP contribution is 2.19. The number of carbonyl (C=O) groups excluding carboxylic acids is 1. The van der Waals surface area contributed by atoms with E-state index in [0.29, 0.717) is 24.6 Å². The number of hydrogen-bond donors (Lipinski definition) is 2. The minimum absolute atomic E-state index is 0. The number of alkyl halides is 2. The first-order valence-electron chi connectivity index (χ1n) is 7.20. The summed E-state index contributed by atoms with van der Waals surface area (Å²) in [7, 11) is 0. The molecular weight excluding hydrogens is 356 g/mol. The van der Waals surface area contributed by atoms with E-state index in [9.17, 15) is 13.6 Å². The summed E-state index contributed by atoms with van der Waals surface area (Å²) in [4.78, 5) is 16.1. The molecule has 2 rings (SSSR count). The summed E-state index contributed by atoms with van der Waals surface area (Å²) in [6, 6.07) is 9.64. The maximum Gasteiger partial charge on any atom is 0.272 e. The molecule has 136 valence electrons. The molecule has 1 aromatic heterocycles. The molecule has 6 nitrogen and oxygen atoms in total. The highest BCUT2D eigenvalue weighted by atomic mass is 35.5. The highest BCUT2D eigenvalue weighted by molar-refractivity contribution is 6.05. The first-order chi connectivity index (χ1) is 11.6. The van der Waals surface area contributed by atoms with Crippen LogP contribution in [0.25, 0.3) is 0 Å². The molecule has 0 radical (unpaired) electrons. The Morgan fingerprint density at radius 1 is 1.20 bits per heavy atom. The fraction of sp³-hybridized carbons (Fsp3) is 0.250. The Bertz CT molecular complexity index is 672. The van der Waals surface area contributed by atoms with Crippen molar-refractivity contribution in [3.8, 4) is 11.6 Å². The van der Waals surface area contributed by atoms with Gasteiger partial charge in [0.2, 0.25) is 5.88 Å². The van der Waals surface area contributed by atoms with Crippen LogP contribution in [0.4, 0.5) is 14.5 Å². The number of nitrogens with zero attached hydrogens (tertiary/aromatic N) is 1. The van der Waals surface area contributed by atoms with Crippen LogP contribution >= 0.6 is 12.4 Å². The number of pyridine rings is 1. The summed E-state index contributed by atoms with van der Waals surface area (Å²) in [5, 5.41) is 2.64. The van der Waals surface area contributed by atoms with Gasteiger partial charge in [-0.05, 0) is 36.4 Å². The van der Waals surface area contributed by atoms with Crippen molar-refractivity contribution in [2.75, 3.05) is 25.1 Å². The van der Waals surface area contributed by atoms with E-state index >= 15 is 0 Å². The van der Waals surface area contributed by atoms with Gasteiger partial charge in [-0.1, -0.05) is 0 Å². The van der Waals surface area contributed by atoms with Crippen molar-refractivity contribution in [1.29, 1.82) is 0 Å².